The van der Waals surface area contributed by atoms with E-state index in [0.29, 0.717) is 10.0 Å². The molecule has 1 aromatic rings. The number of carboxylic acid groups (broad SMARTS) is 1. The first-order chi connectivity index (χ1) is 8.32. The normalized spacial score (nSPS) is 13.8. The molecule has 2 atom stereocenters. The minimum Gasteiger partial charge on any atom is -0.480 e. The Morgan fingerprint density at radius 1 is 1.33 bits per heavy atom. The zero-order valence-corrected chi connectivity index (χ0v) is 12.5. The first-order valence-electron chi connectivity index (χ1n) is 4.99. The Labute approximate surface area is 120 Å². The highest BCUT2D eigenvalue weighted by atomic mass is 79.9. The van der Waals surface area contributed by atoms with Gasteiger partial charge < -0.3 is 15.5 Å². The fourth-order valence-electron chi connectivity index (χ4n) is 1.28. The molecule has 3 N–H and O–H groups in total. The van der Waals surface area contributed by atoms with Gasteiger partial charge in [0.15, 0.2) is 6.04 Å². The summed E-state index contributed by atoms with van der Waals surface area (Å²) in [6.07, 6.45) is -1.18. The van der Waals surface area contributed by atoms with Crippen molar-refractivity contribution in [3.63, 3.8) is 0 Å². The highest BCUT2D eigenvalue weighted by Crippen LogP contribution is 2.22. The number of aliphatic hydroxyl groups is 1. The van der Waals surface area contributed by atoms with Gasteiger partial charge in [-0.25, -0.2) is 4.79 Å². The number of aliphatic carboxylic acids is 1. The highest BCUT2D eigenvalue weighted by Gasteiger charge is 2.26. The molecule has 0 aliphatic rings. The minimum atomic E-state index is -1.34. The molecule has 0 aliphatic carbocycles. The van der Waals surface area contributed by atoms with E-state index in [2.05, 4.69) is 37.2 Å². The highest BCUT2D eigenvalue weighted by molar-refractivity contribution is 9.11. The summed E-state index contributed by atoms with van der Waals surface area (Å²) >= 11 is 6.46. The summed E-state index contributed by atoms with van der Waals surface area (Å²) in [5.41, 5.74) is 0.296. The average molecular weight is 381 g/mol. The van der Waals surface area contributed by atoms with Crippen LogP contribution in [0.3, 0.4) is 0 Å². The van der Waals surface area contributed by atoms with E-state index in [-0.39, 0.29) is 0 Å². The zero-order chi connectivity index (χ0) is 13.9. The molecular weight excluding hydrogens is 370 g/mol. The van der Waals surface area contributed by atoms with Gasteiger partial charge in [0.05, 0.1) is 11.7 Å². The van der Waals surface area contributed by atoms with Crippen molar-refractivity contribution in [3.05, 3.63) is 32.7 Å². The lowest BCUT2D eigenvalue weighted by atomic mass is 10.1. The number of benzene rings is 1. The second kappa shape index (κ2) is 6.31. The lowest BCUT2D eigenvalue weighted by Crippen LogP contribution is -2.47. The molecule has 0 aromatic heterocycles. The Morgan fingerprint density at radius 3 is 2.39 bits per heavy atom. The number of rotatable bonds is 4. The fraction of sp³-hybridized carbons (Fsp3) is 0.273. The standard InChI is InChI=1S/C11H11Br2NO4/c1-5(15)9(11(17)18)14-10(16)7-3-2-6(12)4-8(7)13/h2-5,9,15H,1H3,(H,14,16)(H,17,18). The van der Waals surface area contributed by atoms with E-state index < -0.39 is 24.0 Å². The second-order valence-electron chi connectivity index (χ2n) is 3.65. The smallest absolute Gasteiger partial charge is 0.328 e. The van der Waals surface area contributed by atoms with Crippen LogP contribution < -0.4 is 5.32 Å². The minimum absolute atomic E-state index is 0.296. The number of hydrogen-bond acceptors (Lipinski definition) is 3. The van der Waals surface area contributed by atoms with Crippen LogP contribution in [-0.2, 0) is 4.79 Å². The van der Waals surface area contributed by atoms with E-state index in [0.717, 1.165) is 4.47 Å². The molecule has 0 fully saturated rings. The van der Waals surface area contributed by atoms with Crippen LogP contribution in [0.1, 0.15) is 17.3 Å². The van der Waals surface area contributed by atoms with Crippen molar-refractivity contribution in [2.45, 2.75) is 19.1 Å². The summed E-state index contributed by atoms with van der Waals surface area (Å²) < 4.78 is 1.32. The molecule has 2 unspecified atom stereocenters. The van der Waals surface area contributed by atoms with E-state index in [4.69, 9.17) is 5.11 Å². The summed E-state index contributed by atoms with van der Waals surface area (Å²) in [6, 6.07) is 3.54. The van der Waals surface area contributed by atoms with E-state index >= 15 is 0 Å². The quantitative estimate of drug-likeness (QED) is 0.743. The van der Waals surface area contributed by atoms with Crippen LogP contribution in [-0.4, -0.2) is 34.2 Å². The molecule has 18 heavy (non-hydrogen) atoms. The number of carbonyl (C=O) groups is 2. The summed E-state index contributed by atoms with van der Waals surface area (Å²) in [4.78, 5) is 22.7. The molecule has 1 amide bonds. The number of hydrogen-bond donors (Lipinski definition) is 3. The maximum absolute atomic E-state index is 11.9. The molecule has 1 rings (SSSR count). The summed E-state index contributed by atoms with van der Waals surface area (Å²) in [7, 11) is 0. The van der Waals surface area contributed by atoms with Crippen LogP contribution in [0.2, 0.25) is 0 Å². The van der Waals surface area contributed by atoms with Crippen molar-refractivity contribution < 1.29 is 19.8 Å². The van der Waals surface area contributed by atoms with Crippen LogP contribution in [0.15, 0.2) is 27.1 Å². The summed E-state index contributed by atoms with van der Waals surface area (Å²) in [5.74, 6) is -1.85. The summed E-state index contributed by atoms with van der Waals surface area (Å²) in [6.45, 7) is 1.30. The van der Waals surface area contributed by atoms with Crippen LogP contribution in [0, 0.1) is 0 Å². The first-order valence-corrected chi connectivity index (χ1v) is 6.58. The third kappa shape index (κ3) is 3.79. The lowest BCUT2D eigenvalue weighted by Gasteiger charge is -2.17. The molecule has 0 bridgehead atoms. The van der Waals surface area contributed by atoms with Gasteiger partial charge in [0.25, 0.3) is 5.91 Å². The first kappa shape index (κ1) is 15.1. The predicted octanol–water partition coefficient (Wildman–Crippen LogP) is 1.78. The van der Waals surface area contributed by atoms with Crippen molar-refractivity contribution >= 4 is 43.7 Å². The second-order valence-corrected chi connectivity index (χ2v) is 5.42. The fourth-order valence-corrected chi connectivity index (χ4v) is 2.51. The van der Waals surface area contributed by atoms with Gasteiger partial charge in [0.2, 0.25) is 0 Å². The Hall–Kier alpha value is -0.920. The Balaban J connectivity index is 2.91. The largest absolute Gasteiger partial charge is 0.480 e. The maximum atomic E-state index is 11.9. The van der Waals surface area contributed by atoms with Gasteiger partial charge in [-0.05, 0) is 41.1 Å². The Morgan fingerprint density at radius 2 is 1.94 bits per heavy atom. The molecule has 0 radical (unpaired) electrons. The van der Waals surface area contributed by atoms with Crippen molar-refractivity contribution in [2.75, 3.05) is 0 Å². The molecular formula is C11H11Br2NO4. The van der Waals surface area contributed by atoms with E-state index in [1.165, 1.54) is 6.92 Å². The van der Waals surface area contributed by atoms with Crippen molar-refractivity contribution in [1.29, 1.82) is 0 Å². The van der Waals surface area contributed by atoms with Gasteiger partial charge in [-0.3, -0.25) is 4.79 Å². The summed E-state index contributed by atoms with van der Waals surface area (Å²) in [5, 5.41) is 20.4. The lowest BCUT2D eigenvalue weighted by molar-refractivity contribution is -0.141. The average Bonchev–Trinajstić information content (AvgIpc) is 2.24. The van der Waals surface area contributed by atoms with Crippen LogP contribution >= 0.6 is 31.9 Å². The Kier molecular flexibility index (Phi) is 5.30. The zero-order valence-electron chi connectivity index (χ0n) is 9.35. The molecule has 0 spiro atoms. The third-order valence-corrected chi connectivity index (χ3v) is 3.36. The van der Waals surface area contributed by atoms with Crippen molar-refractivity contribution in [1.82, 2.24) is 5.32 Å². The van der Waals surface area contributed by atoms with Crippen molar-refractivity contribution in [2.24, 2.45) is 0 Å². The molecule has 0 aliphatic heterocycles. The van der Waals surface area contributed by atoms with Gasteiger partial charge in [-0.2, -0.15) is 0 Å². The van der Waals surface area contributed by atoms with Crippen molar-refractivity contribution in [3.8, 4) is 0 Å². The molecule has 7 heteroatoms. The number of nitrogens with one attached hydrogen (secondary N) is 1. The third-order valence-electron chi connectivity index (χ3n) is 2.21. The van der Waals surface area contributed by atoms with Crippen LogP contribution in [0.5, 0.6) is 0 Å². The monoisotopic (exact) mass is 379 g/mol. The van der Waals surface area contributed by atoms with Gasteiger partial charge in [0, 0.05) is 8.95 Å². The number of carboxylic acids is 1. The molecule has 1 aromatic carbocycles. The van der Waals surface area contributed by atoms with Crippen LogP contribution in [0.25, 0.3) is 0 Å². The SMILES string of the molecule is CC(O)C(NC(=O)c1ccc(Br)cc1Br)C(=O)O. The van der Waals surface area contributed by atoms with E-state index in [1.54, 1.807) is 18.2 Å². The number of carbonyl (C=O) groups excluding carboxylic acids is 1. The molecule has 0 heterocycles. The van der Waals surface area contributed by atoms with E-state index in [1.807, 2.05) is 0 Å². The van der Waals surface area contributed by atoms with Gasteiger partial charge in [0.1, 0.15) is 0 Å². The Bertz CT molecular complexity index is 476. The topological polar surface area (TPSA) is 86.6 Å². The predicted molar refractivity (Wildman–Crippen MR) is 72.4 cm³/mol. The van der Waals surface area contributed by atoms with E-state index in [9.17, 15) is 14.7 Å². The van der Waals surface area contributed by atoms with Crippen LogP contribution in [0.4, 0.5) is 0 Å². The molecule has 98 valence electrons. The molecule has 0 saturated heterocycles. The maximum Gasteiger partial charge on any atom is 0.328 e. The van der Waals surface area contributed by atoms with Gasteiger partial charge in [-0.1, -0.05) is 15.9 Å². The number of aliphatic hydroxyl groups excluding tert-OH is 1. The van der Waals surface area contributed by atoms with Gasteiger partial charge in [-0.15, -0.1) is 0 Å². The number of amides is 1. The number of halogens is 2. The van der Waals surface area contributed by atoms with Gasteiger partial charge >= 0.3 is 5.97 Å². The molecule has 5 nitrogen and oxygen atoms in total. The molecule has 0 saturated carbocycles.